The molecule has 3 N–H and O–H groups in total. The maximum Gasteiger partial charge on any atom is 0.253 e. The Bertz CT molecular complexity index is 422. The lowest BCUT2D eigenvalue weighted by Gasteiger charge is -2.21. The molecule has 1 unspecified atom stereocenters. The van der Waals surface area contributed by atoms with Crippen LogP contribution in [0, 0.1) is 0 Å². The third-order valence-corrected chi connectivity index (χ3v) is 3.15. The number of benzene rings is 1. The molecule has 5 nitrogen and oxygen atoms in total. The van der Waals surface area contributed by atoms with Gasteiger partial charge in [0.15, 0.2) is 0 Å². The van der Waals surface area contributed by atoms with Crippen molar-refractivity contribution in [2.45, 2.75) is 18.9 Å². The van der Waals surface area contributed by atoms with Crippen LogP contribution >= 0.6 is 0 Å². The minimum atomic E-state index is -0.199. The Labute approximate surface area is 106 Å². The van der Waals surface area contributed by atoms with Crippen LogP contribution in [0.5, 0.6) is 11.5 Å². The Morgan fingerprint density at radius 3 is 2.61 bits per heavy atom. The molecule has 1 amide bonds. The van der Waals surface area contributed by atoms with Gasteiger partial charge in [0.05, 0.1) is 0 Å². The summed E-state index contributed by atoms with van der Waals surface area (Å²) in [6, 6.07) is 4.26. The zero-order chi connectivity index (χ0) is 13.1. The smallest absolute Gasteiger partial charge is 0.253 e. The molecule has 1 saturated heterocycles. The third kappa shape index (κ3) is 2.92. The molecule has 18 heavy (non-hydrogen) atoms. The molecule has 0 bridgehead atoms. The second kappa shape index (κ2) is 5.27. The lowest BCUT2D eigenvalue weighted by atomic mass is 10.1. The molecule has 1 heterocycles. The molecule has 1 atom stereocenters. The fourth-order valence-corrected chi connectivity index (χ4v) is 2.27. The first-order valence-electron chi connectivity index (χ1n) is 6.08. The van der Waals surface area contributed by atoms with Gasteiger partial charge in [0, 0.05) is 31.3 Å². The van der Waals surface area contributed by atoms with Crippen LogP contribution in [0.4, 0.5) is 0 Å². The van der Waals surface area contributed by atoms with Crippen LogP contribution in [-0.4, -0.2) is 47.2 Å². The second-order valence-corrected chi connectivity index (χ2v) is 4.72. The lowest BCUT2D eigenvalue weighted by molar-refractivity contribution is 0.0783. The highest BCUT2D eigenvalue weighted by atomic mass is 16.3. The van der Waals surface area contributed by atoms with Crippen molar-refractivity contribution in [1.82, 2.24) is 10.2 Å². The van der Waals surface area contributed by atoms with Gasteiger partial charge in [-0.25, -0.2) is 0 Å². The van der Waals surface area contributed by atoms with Crippen molar-refractivity contribution in [1.29, 1.82) is 0 Å². The van der Waals surface area contributed by atoms with Gasteiger partial charge in [0.1, 0.15) is 11.5 Å². The molecule has 1 fully saturated rings. The van der Waals surface area contributed by atoms with Crippen molar-refractivity contribution in [3.8, 4) is 11.5 Å². The molecule has 5 heteroatoms. The number of phenols is 2. The highest BCUT2D eigenvalue weighted by Crippen LogP contribution is 2.21. The zero-order valence-electron chi connectivity index (χ0n) is 10.4. The highest BCUT2D eigenvalue weighted by Gasteiger charge is 2.20. The number of amides is 1. The first kappa shape index (κ1) is 12.7. The summed E-state index contributed by atoms with van der Waals surface area (Å²) >= 11 is 0. The predicted molar refractivity (Wildman–Crippen MR) is 67.8 cm³/mol. The fraction of sp³-hybridized carbons (Fsp3) is 0.462. The van der Waals surface area contributed by atoms with E-state index in [1.54, 1.807) is 11.9 Å². The Kier molecular flexibility index (Phi) is 3.72. The molecule has 0 aromatic heterocycles. The number of nitrogens with zero attached hydrogens (tertiary/aromatic N) is 1. The van der Waals surface area contributed by atoms with E-state index in [0.29, 0.717) is 18.2 Å². The van der Waals surface area contributed by atoms with Crippen LogP contribution in [0.15, 0.2) is 18.2 Å². The molecule has 0 aliphatic carbocycles. The number of carbonyl (C=O) groups is 1. The van der Waals surface area contributed by atoms with Crippen molar-refractivity contribution in [3.05, 3.63) is 23.8 Å². The summed E-state index contributed by atoms with van der Waals surface area (Å²) < 4.78 is 0. The van der Waals surface area contributed by atoms with Crippen LogP contribution in [0.25, 0.3) is 0 Å². The lowest BCUT2D eigenvalue weighted by Crippen LogP contribution is -2.38. The summed E-state index contributed by atoms with van der Waals surface area (Å²) in [7, 11) is 1.73. The molecule has 1 aromatic carbocycles. The first-order valence-corrected chi connectivity index (χ1v) is 6.08. The molecule has 0 radical (unpaired) electrons. The number of aromatic hydroxyl groups is 2. The van der Waals surface area contributed by atoms with Gasteiger partial charge in [-0.15, -0.1) is 0 Å². The van der Waals surface area contributed by atoms with E-state index in [2.05, 4.69) is 5.32 Å². The molecule has 0 spiro atoms. The average Bonchev–Trinajstić information content (AvgIpc) is 2.79. The number of nitrogens with one attached hydrogen (secondary N) is 1. The highest BCUT2D eigenvalue weighted by molar-refractivity contribution is 5.94. The largest absolute Gasteiger partial charge is 0.508 e. The maximum absolute atomic E-state index is 12.1. The maximum atomic E-state index is 12.1. The van der Waals surface area contributed by atoms with Crippen molar-refractivity contribution in [2.75, 3.05) is 20.1 Å². The number of likely N-dealkylation sites (N-methyl/N-ethyl adjacent to an activating group) is 1. The number of hydrogen-bond acceptors (Lipinski definition) is 4. The number of rotatable bonds is 3. The molecule has 1 aliphatic heterocycles. The van der Waals surface area contributed by atoms with E-state index < -0.39 is 0 Å². The zero-order valence-corrected chi connectivity index (χ0v) is 10.4. The van der Waals surface area contributed by atoms with Gasteiger partial charge in [-0.3, -0.25) is 4.79 Å². The van der Waals surface area contributed by atoms with Crippen LogP contribution in [-0.2, 0) is 0 Å². The fourth-order valence-electron chi connectivity index (χ4n) is 2.27. The van der Waals surface area contributed by atoms with Crippen molar-refractivity contribution < 1.29 is 15.0 Å². The summed E-state index contributed by atoms with van der Waals surface area (Å²) in [5.41, 5.74) is 0.299. The standard InChI is InChI=1S/C13H18N2O3/c1-15(8-10-3-2-4-14-10)13(18)9-5-11(16)7-12(17)6-9/h5-7,10,14,16-17H,2-4,8H2,1H3. The molecular formula is C13H18N2O3. The third-order valence-electron chi connectivity index (χ3n) is 3.15. The van der Waals surface area contributed by atoms with Crippen LogP contribution < -0.4 is 5.32 Å². The van der Waals surface area contributed by atoms with Crippen LogP contribution in [0.3, 0.4) is 0 Å². The number of hydrogen-bond donors (Lipinski definition) is 3. The topological polar surface area (TPSA) is 72.8 Å². The molecule has 98 valence electrons. The monoisotopic (exact) mass is 250 g/mol. The van der Waals surface area contributed by atoms with E-state index in [-0.39, 0.29) is 17.4 Å². The van der Waals surface area contributed by atoms with E-state index in [9.17, 15) is 15.0 Å². The van der Waals surface area contributed by atoms with E-state index in [1.165, 1.54) is 18.2 Å². The van der Waals surface area contributed by atoms with Gasteiger partial charge in [-0.1, -0.05) is 0 Å². The van der Waals surface area contributed by atoms with Gasteiger partial charge >= 0.3 is 0 Å². The minimum absolute atomic E-state index is 0.106. The van der Waals surface area contributed by atoms with E-state index in [1.807, 2.05) is 0 Å². The molecule has 0 saturated carbocycles. The molecule has 1 aromatic rings. The van der Waals surface area contributed by atoms with Crippen molar-refractivity contribution >= 4 is 5.91 Å². The number of carbonyl (C=O) groups excluding carboxylic acids is 1. The Morgan fingerprint density at radius 1 is 1.39 bits per heavy atom. The summed E-state index contributed by atoms with van der Waals surface area (Å²) in [6.07, 6.45) is 2.21. The van der Waals surface area contributed by atoms with Gasteiger partial charge in [-0.05, 0) is 31.5 Å². The van der Waals surface area contributed by atoms with Crippen molar-refractivity contribution in [2.24, 2.45) is 0 Å². The van der Waals surface area contributed by atoms with Crippen LogP contribution in [0.2, 0.25) is 0 Å². The summed E-state index contributed by atoms with van der Waals surface area (Å²) in [6.45, 7) is 1.63. The summed E-state index contributed by atoms with van der Waals surface area (Å²) in [5, 5.41) is 22.1. The predicted octanol–water partition coefficient (Wildman–Crippen LogP) is 0.922. The molecular weight excluding hydrogens is 232 g/mol. The van der Waals surface area contributed by atoms with E-state index in [4.69, 9.17) is 0 Å². The van der Waals surface area contributed by atoms with E-state index in [0.717, 1.165) is 19.4 Å². The Morgan fingerprint density at radius 2 is 2.06 bits per heavy atom. The summed E-state index contributed by atoms with van der Waals surface area (Å²) in [4.78, 5) is 13.7. The first-order chi connectivity index (χ1) is 8.56. The number of phenolic OH excluding ortho intramolecular Hbond substituents is 2. The average molecular weight is 250 g/mol. The Hall–Kier alpha value is -1.75. The second-order valence-electron chi connectivity index (χ2n) is 4.72. The van der Waals surface area contributed by atoms with Gasteiger partial charge in [0.2, 0.25) is 0 Å². The Balaban J connectivity index is 2.04. The van der Waals surface area contributed by atoms with Gasteiger partial charge in [-0.2, -0.15) is 0 Å². The SMILES string of the molecule is CN(CC1CCCN1)C(=O)c1cc(O)cc(O)c1. The van der Waals surface area contributed by atoms with Crippen LogP contribution in [0.1, 0.15) is 23.2 Å². The van der Waals surface area contributed by atoms with Gasteiger partial charge < -0.3 is 20.4 Å². The van der Waals surface area contributed by atoms with Crippen molar-refractivity contribution in [3.63, 3.8) is 0 Å². The summed E-state index contributed by atoms with van der Waals surface area (Å²) in [5.74, 6) is -0.411. The molecule has 1 aliphatic rings. The molecule has 2 rings (SSSR count). The quantitative estimate of drug-likeness (QED) is 0.746. The van der Waals surface area contributed by atoms with E-state index >= 15 is 0 Å². The normalized spacial score (nSPS) is 18.8. The van der Waals surface area contributed by atoms with Gasteiger partial charge in [0.25, 0.3) is 5.91 Å². The minimum Gasteiger partial charge on any atom is -0.508 e.